The second-order valence-corrected chi connectivity index (χ2v) is 6.31. The van der Waals surface area contributed by atoms with Crippen molar-refractivity contribution in [1.82, 2.24) is 0 Å². The summed E-state index contributed by atoms with van der Waals surface area (Å²) in [5, 5.41) is 3.35. The van der Waals surface area contributed by atoms with Gasteiger partial charge in [0.25, 0.3) is 0 Å². The Morgan fingerprint density at radius 3 is 2.60 bits per heavy atom. The Morgan fingerprint density at radius 1 is 1.15 bits per heavy atom. The van der Waals surface area contributed by atoms with Crippen molar-refractivity contribution in [1.29, 1.82) is 0 Å². The lowest BCUT2D eigenvalue weighted by molar-refractivity contribution is 0.486. The Hall–Kier alpha value is -1.58. The largest absolute Gasteiger partial charge is 0.358 e. The number of nitrogens with one attached hydrogen (secondary N) is 1. The van der Waals surface area contributed by atoms with E-state index in [1.54, 1.807) is 0 Å². The van der Waals surface area contributed by atoms with E-state index in [2.05, 4.69) is 58.2 Å². The molecule has 0 fully saturated rings. The van der Waals surface area contributed by atoms with Crippen molar-refractivity contribution in [3.05, 3.63) is 76.4 Å². The minimum absolute atomic E-state index is 0.442. The van der Waals surface area contributed by atoms with Crippen LogP contribution in [0.2, 0.25) is 0 Å². The van der Waals surface area contributed by atoms with Gasteiger partial charge in [-0.05, 0) is 42.2 Å². The molecule has 0 bridgehead atoms. The van der Waals surface area contributed by atoms with Gasteiger partial charge < -0.3 is 11.1 Å². The van der Waals surface area contributed by atoms with Crippen LogP contribution in [0.1, 0.15) is 11.1 Å². The van der Waals surface area contributed by atoms with Crippen LogP contribution in [-0.2, 0) is 12.8 Å². The fraction of sp³-hybridized carbons (Fsp3) is 0.176. The molecule has 2 aromatic carbocycles. The molecule has 3 rings (SSSR count). The van der Waals surface area contributed by atoms with Crippen LogP contribution < -0.4 is 11.1 Å². The van der Waals surface area contributed by atoms with Crippen LogP contribution in [0.4, 0.5) is 5.69 Å². The second-order valence-electron chi connectivity index (χ2n) is 5.40. The molecule has 0 saturated carbocycles. The van der Waals surface area contributed by atoms with Gasteiger partial charge >= 0.3 is 0 Å². The van der Waals surface area contributed by atoms with Crippen molar-refractivity contribution in [3.63, 3.8) is 0 Å². The van der Waals surface area contributed by atoms with Gasteiger partial charge in [-0.25, -0.2) is 0 Å². The first-order chi connectivity index (χ1) is 9.57. The highest BCUT2D eigenvalue weighted by Gasteiger charge is 2.33. The van der Waals surface area contributed by atoms with Crippen molar-refractivity contribution < 1.29 is 0 Å². The number of halogens is 1. The van der Waals surface area contributed by atoms with Crippen molar-refractivity contribution in [2.24, 2.45) is 5.73 Å². The van der Waals surface area contributed by atoms with E-state index in [1.807, 2.05) is 18.2 Å². The Bertz CT molecular complexity index is 648. The number of para-hydroxylation sites is 1. The van der Waals surface area contributed by atoms with Gasteiger partial charge in [0.1, 0.15) is 0 Å². The van der Waals surface area contributed by atoms with Crippen LogP contribution in [0.25, 0.3) is 0 Å². The van der Waals surface area contributed by atoms with Crippen molar-refractivity contribution in [3.8, 4) is 0 Å². The molecule has 1 heterocycles. The lowest BCUT2D eigenvalue weighted by atomic mass is 9.80. The number of benzene rings is 2. The Balaban J connectivity index is 1.88. The molecular weight excluding hydrogens is 312 g/mol. The molecule has 3 heteroatoms. The maximum atomic E-state index is 6.61. The maximum absolute atomic E-state index is 6.61. The van der Waals surface area contributed by atoms with E-state index in [0.717, 1.165) is 28.7 Å². The van der Waals surface area contributed by atoms with Crippen LogP contribution in [0.3, 0.4) is 0 Å². The zero-order valence-corrected chi connectivity index (χ0v) is 12.8. The highest BCUT2D eigenvalue weighted by molar-refractivity contribution is 9.10. The summed E-state index contributed by atoms with van der Waals surface area (Å²) in [7, 11) is 0. The SMILES string of the molecule is C=C1Nc2ccccc2CC1(N)Cc1ccc(Br)cc1. The number of fused-ring (bicyclic) bond motifs is 1. The number of nitrogens with two attached hydrogens (primary N) is 1. The lowest BCUT2D eigenvalue weighted by Crippen LogP contribution is -2.50. The maximum Gasteiger partial charge on any atom is 0.0637 e. The fourth-order valence-electron chi connectivity index (χ4n) is 2.67. The third-order valence-corrected chi connectivity index (χ3v) is 4.37. The Morgan fingerprint density at radius 2 is 1.85 bits per heavy atom. The summed E-state index contributed by atoms with van der Waals surface area (Å²) in [6, 6.07) is 16.6. The van der Waals surface area contributed by atoms with Crippen LogP contribution in [0.5, 0.6) is 0 Å². The first-order valence-corrected chi connectivity index (χ1v) is 7.44. The molecule has 1 unspecified atom stereocenters. The molecule has 2 nitrogen and oxygen atoms in total. The molecule has 0 aliphatic carbocycles. The summed E-state index contributed by atoms with van der Waals surface area (Å²) in [5.41, 5.74) is 10.6. The molecule has 3 N–H and O–H groups in total. The van der Waals surface area contributed by atoms with Crippen molar-refractivity contribution in [2.75, 3.05) is 5.32 Å². The Kier molecular flexibility index (Phi) is 3.40. The third-order valence-electron chi connectivity index (χ3n) is 3.84. The zero-order valence-electron chi connectivity index (χ0n) is 11.2. The van der Waals surface area contributed by atoms with Crippen LogP contribution in [0, 0.1) is 0 Å². The molecule has 102 valence electrons. The predicted octanol–water partition coefficient (Wildman–Crippen LogP) is 3.87. The average molecular weight is 329 g/mol. The van der Waals surface area contributed by atoms with Gasteiger partial charge in [-0.2, -0.15) is 0 Å². The standard InChI is InChI=1S/C17H17BrN2/c1-12-17(19,10-13-6-8-15(18)9-7-13)11-14-4-2-3-5-16(14)20-12/h2-9,20H,1,10-11,19H2. The first kappa shape index (κ1) is 13.4. The van der Waals surface area contributed by atoms with E-state index >= 15 is 0 Å². The van der Waals surface area contributed by atoms with Gasteiger partial charge in [-0.1, -0.05) is 52.8 Å². The van der Waals surface area contributed by atoms with Crippen LogP contribution in [-0.4, -0.2) is 5.54 Å². The third kappa shape index (κ3) is 2.51. The van der Waals surface area contributed by atoms with Gasteiger partial charge in [0.15, 0.2) is 0 Å². The lowest BCUT2D eigenvalue weighted by Gasteiger charge is -2.37. The van der Waals surface area contributed by atoms with Gasteiger partial charge in [0.05, 0.1) is 5.54 Å². The van der Waals surface area contributed by atoms with E-state index in [0.29, 0.717) is 0 Å². The first-order valence-electron chi connectivity index (χ1n) is 6.64. The van der Waals surface area contributed by atoms with Crippen molar-refractivity contribution >= 4 is 21.6 Å². The smallest absolute Gasteiger partial charge is 0.0637 e. The topological polar surface area (TPSA) is 38.0 Å². The molecule has 0 saturated heterocycles. The van der Waals surface area contributed by atoms with E-state index in [1.165, 1.54) is 11.1 Å². The highest BCUT2D eigenvalue weighted by atomic mass is 79.9. The quantitative estimate of drug-likeness (QED) is 0.878. The molecule has 0 spiro atoms. The van der Waals surface area contributed by atoms with Gasteiger partial charge in [0.2, 0.25) is 0 Å². The molecule has 2 aromatic rings. The number of rotatable bonds is 2. The molecular formula is C17H17BrN2. The van der Waals surface area contributed by atoms with E-state index in [9.17, 15) is 0 Å². The summed E-state index contributed by atoms with van der Waals surface area (Å²) in [5.74, 6) is 0. The summed E-state index contributed by atoms with van der Waals surface area (Å²) in [6.45, 7) is 4.13. The van der Waals surface area contributed by atoms with Crippen LogP contribution in [0.15, 0.2) is 65.3 Å². The minimum Gasteiger partial charge on any atom is -0.358 e. The number of anilines is 1. The predicted molar refractivity (Wildman–Crippen MR) is 87.7 cm³/mol. The van der Waals surface area contributed by atoms with E-state index in [4.69, 9.17) is 5.73 Å². The monoisotopic (exact) mass is 328 g/mol. The molecule has 20 heavy (non-hydrogen) atoms. The summed E-state index contributed by atoms with van der Waals surface area (Å²) in [6.07, 6.45) is 1.59. The molecule has 0 aromatic heterocycles. The van der Waals surface area contributed by atoms with E-state index in [-0.39, 0.29) is 0 Å². The summed E-state index contributed by atoms with van der Waals surface area (Å²) >= 11 is 3.46. The number of hydrogen-bond donors (Lipinski definition) is 2. The zero-order chi connectivity index (χ0) is 14.2. The van der Waals surface area contributed by atoms with Crippen molar-refractivity contribution in [2.45, 2.75) is 18.4 Å². The summed E-state index contributed by atoms with van der Waals surface area (Å²) < 4.78 is 1.08. The van der Waals surface area contributed by atoms with Gasteiger partial charge in [-0.15, -0.1) is 0 Å². The molecule has 1 aliphatic heterocycles. The molecule has 1 aliphatic rings. The van der Waals surface area contributed by atoms with Gasteiger partial charge in [-0.3, -0.25) is 0 Å². The minimum atomic E-state index is -0.442. The second kappa shape index (κ2) is 5.08. The molecule has 0 radical (unpaired) electrons. The molecule has 1 atom stereocenters. The van der Waals surface area contributed by atoms with Gasteiger partial charge in [0, 0.05) is 15.9 Å². The average Bonchev–Trinajstić information content (AvgIpc) is 2.43. The number of hydrogen-bond acceptors (Lipinski definition) is 2. The fourth-order valence-corrected chi connectivity index (χ4v) is 2.93. The highest BCUT2D eigenvalue weighted by Crippen LogP contribution is 2.33. The van der Waals surface area contributed by atoms with E-state index < -0.39 is 5.54 Å². The Labute approximate surface area is 127 Å². The van der Waals surface area contributed by atoms with Crippen LogP contribution >= 0.6 is 15.9 Å². The summed E-state index contributed by atoms with van der Waals surface area (Å²) in [4.78, 5) is 0. The normalized spacial score (nSPS) is 21.2. The molecule has 0 amide bonds.